The van der Waals surface area contributed by atoms with Crippen LogP contribution in [-0.2, 0) is 17.8 Å². The van der Waals surface area contributed by atoms with E-state index >= 15 is 0 Å². The van der Waals surface area contributed by atoms with E-state index in [1.807, 2.05) is 0 Å². The highest BCUT2D eigenvalue weighted by Crippen LogP contribution is 2.18. The smallest absolute Gasteiger partial charge is 0.0646 e. The van der Waals surface area contributed by atoms with E-state index in [2.05, 4.69) is 42.1 Å². The minimum atomic E-state index is 0.169. The van der Waals surface area contributed by atoms with Gasteiger partial charge in [0.1, 0.15) is 0 Å². The second-order valence-electron chi connectivity index (χ2n) is 4.50. The summed E-state index contributed by atoms with van der Waals surface area (Å²) in [7, 11) is 0. The molecule has 0 radical (unpaired) electrons. The fraction of sp³-hybridized carbons (Fsp3) is 0.667. The van der Waals surface area contributed by atoms with Gasteiger partial charge in [0, 0.05) is 37.1 Å². The topological polar surface area (TPSA) is 26.2 Å². The lowest BCUT2D eigenvalue weighted by molar-refractivity contribution is 0.171. The van der Waals surface area contributed by atoms with Gasteiger partial charge in [0.2, 0.25) is 0 Å². The Labute approximate surface area is 91.4 Å². The second kappa shape index (κ2) is 4.37. The second-order valence-corrected chi connectivity index (χ2v) is 4.50. The van der Waals surface area contributed by atoms with Gasteiger partial charge in [-0.2, -0.15) is 0 Å². The highest BCUT2D eigenvalue weighted by molar-refractivity contribution is 5.07. The van der Waals surface area contributed by atoms with E-state index in [9.17, 15) is 0 Å². The minimum Gasteiger partial charge on any atom is -0.379 e. The quantitative estimate of drug-likeness (QED) is 0.816. The van der Waals surface area contributed by atoms with Crippen molar-refractivity contribution in [2.45, 2.75) is 38.9 Å². The summed E-state index contributed by atoms with van der Waals surface area (Å²) in [6.07, 6.45) is 3.24. The van der Waals surface area contributed by atoms with Crippen molar-refractivity contribution < 1.29 is 4.74 Å². The molecule has 0 bridgehead atoms. The Hall–Kier alpha value is -0.800. The van der Waals surface area contributed by atoms with Gasteiger partial charge >= 0.3 is 0 Å². The molecule has 1 aromatic rings. The zero-order valence-corrected chi connectivity index (χ0v) is 9.62. The van der Waals surface area contributed by atoms with Crippen LogP contribution in [0.2, 0.25) is 0 Å². The monoisotopic (exact) mass is 208 g/mol. The third kappa shape index (κ3) is 2.41. The number of aromatic nitrogens is 1. The first-order chi connectivity index (χ1) is 7.23. The summed E-state index contributed by atoms with van der Waals surface area (Å²) in [6.45, 7) is 8.10. The van der Waals surface area contributed by atoms with Crippen LogP contribution < -0.4 is 5.32 Å². The van der Waals surface area contributed by atoms with Crippen LogP contribution in [0.1, 0.15) is 26.0 Å². The van der Waals surface area contributed by atoms with E-state index in [1.165, 1.54) is 5.69 Å². The van der Waals surface area contributed by atoms with Gasteiger partial charge in [-0.1, -0.05) is 0 Å². The Morgan fingerprint density at radius 2 is 2.47 bits per heavy atom. The number of nitrogens with zero attached hydrogens (tertiary/aromatic N) is 1. The Morgan fingerprint density at radius 1 is 1.60 bits per heavy atom. The predicted molar refractivity (Wildman–Crippen MR) is 60.8 cm³/mol. The van der Waals surface area contributed by atoms with E-state index in [4.69, 9.17) is 4.74 Å². The number of nitrogens with one attached hydrogen (secondary N) is 1. The van der Waals surface area contributed by atoms with Crippen LogP contribution in [-0.4, -0.2) is 23.3 Å². The summed E-state index contributed by atoms with van der Waals surface area (Å²) in [5.41, 5.74) is 1.52. The van der Waals surface area contributed by atoms with Crippen LogP contribution in [0.25, 0.3) is 0 Å². The Bertz CT molecular complexity index is 313. The van der Waals surface area contributed by atoms with E-state index in [0.29, 0.717) is 0 Å². The minimum absolute atomic E-state index is 0.169. The molecule has 1 atom stereocenters. The molecule has 0 spiro atoms. The van der Waals surface area contributed by atoms with Crippen LogP contribution in [0, 0.1) is 0 Å². The third-order valence-corrected chi connectivity index (χ3v) is 3.18. The molecule has 1 aliphatic heterocycles. The van der Waals surface area contributed by atoms with Gasteiger partial charge in [0.05, 0.1) is 6.61 Å². The number of hydrogen-bond acceptors (Lipinski definition) is 2. The Morgan fingerprint density at radius 3 is 3.13 bits per heavy atom. The fourth-order valence-electron chi connectivity index (χ4n) is 2.03. The molecule has 2 rings (SSSR count). The maximum Gasteiger partial charge on any atom is 0.0646 e. The maximum absolute atomic E-state index is 5.42. The molecular weight excluding hydrogens is 188 g/mol. The van der Waals surface area contributed by atoms with Gasteiger partial charge in [-0.15, -0.1) is 0 Å². The molecular formula is C12H20N2O. The van der Waals surface area contributed by atoms with Crippen molar-refractivity contribution in [1.82, 2.24) is 9.88 Å². The molecule has 0 amide bonds. The van der Waals surface area contributed by atoms with Crippen molar-refractivity contribution in [3.8, 4) is 0 Å². The first-order valence-electron chi connectivity index (χ1n) is 5.70. The molecule has 1 saturated heterocycles. The summed E-state index contributed by atoms with van der Waals surface area (Å²) >= 11 is 0. The molecule has 0 aliphatic carbocycles. The summed E-state index contributed by atoms with van der Waals surface area (Å²) in [4.78, 5) is 0. The molecule has 1 unspecified atom stereocenters. The number of ether oxygens (including phenoxy) is 1. The molecule has 0 aromatic carbocycles. The van der Waals surface area contributed by atoms with Gasteiger partial charge in [-0.3, -0.25) is 0 Å². The van der Waals surface area contributed by atoms with Crippen molar-refractivity contribution in [2.75, 3.05) is 13.2 Å². The molecule has 3 nitrogen and oxygen atoms in total. The highest BCUT2D eigenvalue weighted by atomic mass is 16.5. The molecule has 3 heteroatoms. The lowest BCUT2D eigenvalue weighted by atomic mass is 10.0. The van der Waals surface area contributed by atoms with Gasteiger partial charge in [0.25, 0.3) is 0 Å². The summed E-state index contributed by atoms with van der Waals surface area (Å²) in [6, 6.07) is 4.28. The average Bonchev–Trinajstić information content (AvgIpc) is 2.84. The third-order valence-electron chi connectivity index (χ3n) is 3.18. The zero-order valence-electron chi connectivity index (χ0n) is 9.62. The van der Waals surface area contributed by atoms with Crippen molar-refractivity contribution in [3.63, 3.8) is 0 Å². The van der Waals surface area contributed by atoms with Gasteiger partial charge in [-0.25, -0.2) is 0 Å². The first kappa shape index (κ1) is 10.7. The molecule has 1 fully saturated rings. The first-order valence-corrected chi connectivity index (χ1v) is 5.70. The molecule has 0 saturated carbocycles. The molecule has 1 aromatic heterocycles. The largest absolute Gasteiger partial charge is 0.379 e. The Balaban J connectivity index is 1.92. The standard InChI is InChI=1S/C12H20N2O/c1-3-14-7-4-5-11(14)9-13-12(2)6-8-15-10-12/h4-5,7,13H,3,6,8-10H2,1-2H3. The van der Waals surface area contributed by atoms with E-state index < -0.39 is 0 Å². The lowest BCUT2D eigenvalue weighted by Gasteiger charge is -2.23. The van der Waals surface area contributed by atoms with E-state index in [-0.39, 0.29) is 5.54 Å². The number of hydrogen-bond donors (Lipinski definition) is 1. The SMILES string of the molecule is CCn1cccc1CNC1(C)CCOC1. The molecule has 15 heavy (non-hydrogen) atoms. The molecule has 1 aliphatic rings. The average molecular weight is 208 g/mol. The normalized spacial score (nSPS) is 26.0. The van der Waals surface area contributed by atoms with E-state index in [0.717, 1.165) is 32.7 Å². The zero-order chi connectivity index (χ0) is 10.7. The summed E-state index contributed by atoms with van der Waals surface area (Å²) < 4.78 is 7.69. The summed E-state index contributed by atoms with van der Waals surface area (Å²) in [5.74, 6) is 0. The predicted octanol–water partition coefficient (Wildman–Crippen LogP) is 1.78. The number of rotatable bonds is 4. The fourth-order valence-corrected chi connectivity index (χ4v) is 2.03. The van der Waals surface area contributed by atoms with Crippen molar-refractivity contribution in [1.29, 1.82) is 0 Å². The Kier molecular flexibility index (Phi) is 3.12. The summed E-state index contributed by atoms with van der Waals surface area (Å²) in [5, 5.41) is 3.59. The molecule has 2 heterocycles. The van der Waals surface area contributed by atoms with Crippen molar-refractivity contribution in [3.05, 3.63) is 24.0 Å². The van der Waals surface area contributed by atoms with Gasteiger partial charge in [-0.05, 0) is 32.4 Å². The van der Waals surface area contributed by atoms with E-state index in [1.54, 1.807) is 0 Å². The van der Waals surface area contributed by atoms with Gasteiger partial charge in [0.15, 0.2) is 0 Å². The van der Waals surface area contributed by atoms with Crippen LogP contribution >= 0.6 is 0 Å². The van der Waals surface area contributed by atoms with Crippen LogP contribution in [0.3, 0.4) is 0 Å². The van der Waals surface area contributed by atoms with Crippen molar-refractivity contribution >= 4 is 0 Å². The van der Waals surface area contributed by atoms with Crippen LogP contribution in [0.4, 0.5) is 0 Å². The highest BCUT2D eigenvalue weighted by Gasteiger charge is 2.28. The number of aryl methyl sites for hydroxylation is 1. The molecule has 1 N–H and O–H groups in total. The van der Waals surface area contributed by atoms with Gasteiger partial charge < -0.3 is 14.6 Å². The van der Waals surface area contributed by atoms with Crippen molar-refractivity contribution in [2.24, 2.45) is 0 Å². The van der Waals surface area contributed by atoms with Crippen LogP contribution in [0.5, 0.6) is 0 Å². The molecule has 84 valence electrons. The maximum atomic E-state index is 5.42. The lowest BCUT2D eigenvalue weighted by Crippen LogP contribution is -2.42. The van der Waals surface area contributed by atoms with Crippen LogP contribution in [0.15, 0.2) is 18.3 Å².